The first-order valence-electron chi connectivity index (χ1n) is 14.7. The number of hydrogen-bond acceptors (Lipinski definition) is 7. The summed E-state index contributed by atoms with van der Waals surface area (Å²) in [6.07, 6.45) is 1.98. The van der Waals surface area contributed by atoms with Crippen LogP contribution < -0.4 is 31.1 Å². The van der Waals surface area contributed by atoms with Crippen molar-refractivity contribution in [1.82, 2.24) is 20.7 Å². The van der Waals surface area contributed by atoms with Crippen LogP contribution in [0.5, 0.6) is 5.75 Å². The number of nitrogens with zero attached hydrogens (tertiary/aromatic N) is 1. The number of guanidine groups is 1. The number of carbonyl (C=O) groups is 2. The molecule has 0 spiro atoms. The van der Waals surface area contributed by atoms with Crippen molar-refractivity contribution in [3.63, 3.8) is 0 Å². The van der Waals surface area contributed by atoms with Crippen LogP contribution in [0.15, 0.2) is 40.2 Å². The topological polar surface area (TPSA) is 164 Å². The lowest BCUT2D eigenvalue weighted by Gasteiger charge is -2.22. The summed E-state index contributed by atoms with van der Waals surface area (Å²) >= 11 is 0. The Labute approximate surface area is 255 Å². The molecule has 0 saturated carbocycles. The fourth-order valence-electron chi connectivity index (χ4n) is 5.31. The Morgan fingerprint density at radius 1 is 1.07 bits per heavy atom. The summed E-state index contributed by atoms with van der Waals surface area (Å²) in [7, 11) is -2.22. The monoisotopic (exact) mass is 614 g/mol. The number of benzene rings is 2. The van der Waals surface area contributed by atoms with Gasteiger partial charge in [0.05, 0.1) is 4.90 Å². The molecule has 2 aromatic rings. The van der Waals surface area contributed by atoms with Crippen LogP contribution in [0.4, 0.5) is 0 Å². The minimum Gasteiger partial charge on any atom is -0.487 e. The molecule has 2 unspecified atom stereocenters. The van der Waals surface area contributed by atoms with Crippen molar-refractivity contribution in [2.45, 2.75) is 89.8 Å². The van der Waals surface area contributed by atoms with E-state index in [1.165, 1.54) is 0 Å². The van der Waals surface area contributed by atoms with E-state index < -0.39 is 21.7 Å². The summed E-state index contributed by atoms with van der Waals surface area (Å²) in [6, 6.07) is 7.77. The maximum absolute atomic E-state index is 13.5. The average Bonchev–Trinajstić information content (AvgIpc) is 3.28. The minimum atomic E-state index is -4.03. The van der Waals surface area contributed by atoms with E-state index in [-0.39, 0.29) is 41.7 Å². The fourth-order valence-corrected chi connectivity index (χ4v) is 6.83. The van der Waals surface area contributed by atoms with Crippen molar-refractivity contribution in [1.29, 1.82) is 0 Å². The lowest BCUT2D eigenvalue weighted by atomic mass is 9.94. The van der Waals surface area contributed by atoms with Gasteiger partial charge in [-0.3, -0.25) is 14.6 Å². The molecule has 1 heterocycles. The van der Waals surface area contributed by atoms with Crippen molar-refractivity contribution in [3.8, 4) is 5.75 Å². The molecule has 43 heavy (non-hydrogen) atoms. The van der Waals surface area contributed by atoms with Crippen LogP contribution in [0.25, 0.3) is 0 Å². The molecule has 1 aliphatic rings. The lowest BCUT2D eigenvalue weighted by molar-refractivity contribution is -0.123. The minimum absolute atomic E-state index is 0.0934. The molecule has 0 bridgehead atoms. The Morgan fingerprint density at radius 3 is 2.37 bits per heavy atom. The number of likely N-dealkylation sites (N-methyl/N-ethyl adjacent to an activating group) is 1. The molecule has 11 nitrogen and oxygen atoms in total. The smallest absolute Gasteiger partial charge is 0.264 e. The Balaban J connectivity index is 1.70. The largest absolute Gasteiger partial charge is 0.487 e. The summed E-state index contributed by atoms with van der Waals surface area (Å²) in [5, 5.41) is 8.86. The number of ether oxygens (including phenoxy) is 1. The van der Waals surface area contributed by atoms with Gasteiger partial charge in [0, 0.05) is 36.7 Å². The molecular weight excluding hydrogens is 568 g/mol. The second-order valence-electron chi connectivity index (χ2n) is 11.6. The van der Waals surface area contributed by atoms with E-state index >= 15 is 0 Å². The fraction of sp³-hybridized carbons (Fsp3) is 0.516. The molecule has 0 aromatic heterocycles. The zero-order chi connectivity index (χ0) is 31.9. The molecule has 0 saturated heterocycles. The molecule has 1 aliphatic heterocycles. The van der Waals surface area contributed by atoms with E-state index in [2.05, 4.69) is 25.7 Å². The third kappa shape index (κ3) is 8.47. The number of amides is 2. The molecule has 236 valence electrons. The van der Waals surface area contributed by atoms with Crippen LogP contribution >= 0.6 is 0 Å². The Kier molecular flexibility index (Phi) is 11.2. The van der Waals surface area contributed by atoms with Gasteiger partial charge in [-0.05, 0) is 89.8 Å². The zero-order valence-electron chi connectivity index (χ0n) is 26.3. The molecule has 0 radical (unpaired) electrons. The van der Waals surface area contributed by atoms with Gasteiger partial charge in [-0.25, -0.2) is 13.1 Å². The second kappa shape index (κ2) is 14.2. The highest BCUT2D eigenvalue weighted by Crippen LogP contribution is 2.43. The maximum atomic E-state index is 13.5. The molecule has 12 heteroatoms. The van der Waals surface area contributed by atoms with Crippen molar-refractivity contribution in [2.75, 3.05) is 20.1 Å². The molecule has 2 aromatic carbocycles. The van der Waals surface area contributed by atoms with Crippen molar-refractivity contribution in [3.05, 3.63) is 58.1 Å². The predicted octanol–water partition coefficient (Wildman–Crippen LogP) is 2.61. The summed E-state index contributed by atoms with van der Waals surface area (Å²) in [5.41, 5.74) is 8.95. The Morgan fingerprint density at radius 2 is 1.74 bits per heavy atom. The van der Waals surface area contributed by atoms with Crippen LogP contribution in [-0.2, 0) is 21.2 Å². The van der Waals surface area contributed by atoms with Gasteiger partial charge in [-0.15, -0.1) is 0 Å². The third-order valence-electron chi connectivity index (χ3n) is 7.68. The summed E-state index contributed by atoms with van der Waals surface area (Å²) in [4.78, 5) is 30.3. The molecule has 0 aliphatic carbocycles. The number of fused-ring (bicyclic) bond motifs is 1. The SMILES string of the molecule is CCC(CNC)NC(=O)C(CCCN=C(N)NS(=O)(=O)c1c(C)c(C)c2c(c1C)CC(C)(C)O2)NC(=O)c1ccccc1. The van der Waals surface area contributed by atoms with Crippen LogP contribution in [0.1, 0.15) is 72.6 Å². The van der Waals surface area contributed by atoms with Gasteiger partial charge in [-0.1, -0.05) is 25.1 Å². The lowest BCUT2D eigenvalue weighted by Crippen LogP contribution is -2.51. The number of nitrogens with two attached hydrogens (primary N) is 1. The number of rotatable bonds is 13. The third-order valence-corrected chi connectivity index (χ3v) is 9.31. The van der Waals surface area contributed by atoms with Gasteiger partial charge in [0.15, 0.2) is 0 Å². The van der Waals surface area contributed by atoms with Gasteiger partial charge >= 0.3 is 0 Å². The number of carbonyl (C=O) groups excluding carboxylic acids is 2. The summed E-state index contributed by atoms with van der Waals surface area (Å²) in [6.45, 7) is 12.1. The number of nitrogens with one attached hydrogen (secondary N) is 4. The van der Waals surface area contributed by atoms with Crippen LogP contribution in [0.3, 0.4) is 0 Å². The second-order valence-corrected chi connectivity index (χ2v) is 13.2. The average molecular weight is 615 g/mol. The summed E-state index contributed by atoms with van der Waals surface area (Å²) < 4.78 is 35.4. The van der Waals surface area contributed by atoms with E-state index in [9.17, 15) is 18.0 Å². The molecule has 3 rings (SSSR count). The predicted molar refractivity (Wildman–Crippen MR) is 169 cm³/mol. The first-order chi connectivity index (χ1) is 20.2. The number of hydrogen-bond donors (Lipinski definition) is 5. The van der Waals surface area contributed by atoms with Crippen LogP contribution in [0, 0.1) is 20.8 Å². The van der Waals surface area contributed by atoms with Crippen molar-refractivity contribution in [2.24, 2.45) is 10.7 Å². The van der Waals surface area contributed by atoms with E-state index in [0.717, 1.165) is 23.3 Å². The van der Waals surface area contributed by atoms with Gasteiger partial charge < -0.3 is 26.4 Å². The Bertz CT molecular complexity index is 1460. The highest BCUT2D eigenvalue weighted by molar-refractivity contribution is 7.90. The van der Waals surface area contributed by atoms with Gasteiger partial charge in [0.25, 0.3) is 15.9 Å². The van der Waals surface area contributed by atoms with E-state index in [1.807, 2.05) is 40.8 Å². The van der Waals surface area contributed by atoms with Gasteiger partial charge in [-0.2, -0.15) is 0 Å². The molecule has 2 atom stereocenters. The molecule has 2 amide bonds. The molecule has 6 N–H and O–H groups in total. The van der Waals surface area contributed by atoms with Gasteiger partial charge in [0.2, 0.25) is 11.9 Å². The quantitative estimate of drug-likeness (QED) is 0.132. The number of aliphatic imine (C=N–C) groups is 1. The number of sulfonamides is 1. The zero-order valence-corrected chi connectivity index (χ0v) is 27.1. The van der Waals surface area contributed by atoms with E-state index in [0.29, 0.717) is 36.1 Å². The van der Waals surface area contributed by atoms with Crippen molar-refractivity contribution >= 4 is 27.8 Å². The highest BCUT2D eigenvalue weighted by atomic mass is 32.2. The van der Waals surface area contributed by atoms with Crippen molar-refractivity contribution < 1.29 is 22.7 Å². The van der Waals surface area contributed by atoms with E-state index in [1.54, 1.807) is 38.1 Å². The normalized spacial score (nSPS) is 15.7. The first kappa shape index (κ1) is 33.9. The molecular formula is C31H46N6O5S. The van der Waals surface area contributed by atoms with Crippen LogP contribution in [-0.4, -0.2) is 64.0 Å². The Hall–Kier alpha value is -3.64. The maximum Gasteiger partial charge on any atom is 0.264 e. The standard InChI is InChI=1S/C31H46N6O5S/c1-8-23(18-33-7)35-29(39)25(36-28(38)22-13-10-9-11-14-22)15-12-16-34-30(32)37-43(40,41)27-20(3)19(2)26-24(21(27)4)17-31(5,6)42-26/h9-11,13-14,23,25,33H,8,12,15-18H2,1-7H3,(H,35,39)(H,36,38)(H3,32,34,37). The molecule has 0 fully saturated rings. The van der Waals surface area contributed by atoms with E-state index in [4.69, 9.17) is 10.5 Å². The van der Waals surface area contributed by atoms with Crippen LogP contribution in [0.2, 0.25) is 0 Å². The highest BCUT2D eigenvalue weighted by Gasteiger charge is 2.36. The first-order valence-corrected chi connectivity index (χ1v) is 16.1. The van der Waals surface area contributed by atoms with Gasteiger partial charge in [0.1, 0.15) is 17.4 Å². The summed E-state index contributed by atoms with van der Waals surface area (Å²) in [5.74, 6) is -0.158.